The zero-order chi connectivity index (χ0) is 15.6. The molecule has 2 heterocycles. The molecule has 2 aliphatic rings. The second-order valence-electron chi connectivity index (χ2n) is 6.14. The summed E-state index contributed by atoms with van der Waals surface area (Å²) >= 11 is 0. The van der Waals surface area contributed by atoms with Crippen molar-refractivity contribution in [3.63, 3.8) is 0 Å². The molecule has 0 bridgehead atoms. The van der Waals surface area contributed by atoms with E-state index in [1.807, 2.05) is 29.2 Å². The number of fused-ring (bicyclic) bond motifs is 1. The highest BCUT2D eigenvalue weighted by molar-refractivity contribution is 6.04. The van der Waals surface area contributed by atoms with Crippen molar-refractivity contribution in [1.29, 1.82) is 0 Å². The van der Waals surface area contributed by atoms with Gasteiger partial charge in [0.1, 0.15) is 11.4 Å². The minimum atomic E-state index is -0.436. The summed E-state index contributed by atoms with van der Waals surface area (Å²) in [5, 5.41) is 12.8. The van der Waals surface area contributed by atoms with Crippen LogP contribution in [0.1, 0.15) is 44.6 Å². The summed E-state index contributed by atoms with van der Waals surface area (Å²) in [7, 11) is 0. The highest BCUT2D eigenvalue weighted by atomic mass is 16.5. The molecule has 1 aromatic carbocycles. The fourth-order valence-electron chi connectivity index (χ4n) is 3.42. The summed E-state index contributed by atoms with van der Waals surface area (Å²) in [5.74, 6) is 0.946. The van der Waals surface area contributed by atoms with Crippen LogP contribution in [-0.4, -0.2) is 40.4 Å². The van der Waals surface area contributed by atoms with Gasteiger partial charge in [-0.2, -0.15) is 0 Å². The number of carbonyl (C=O) groups excluding carboxylic acids is 1. The van der Waals surface area contributed by atoms with E-state index in [1.54, 1.807) is 0 Å². The quantitative estimate of drug-likeness (QED) is 0.675. The molecular weight excluding hydrogens is 280 g/mol. The monoisotopic (exact) mass is 302 g/mol. The number of hydrogen-bond donors (Lipinski definition) is 1. The number of rotatable bonds is 2. The van der Waals surface area contributed by atoms with E-state index >= 15 is 0 Å². The maximum Gasteiger partial charge on any atom is 0.222 e. The Bertz CT molecular complexity index is 599. The number of benzene rings is 1. The zero-order valence-corrected chi connectivity index (χ0v) is 12.9. The number of likely N-dealkylation sites (tertiary alicyclic amines) is 1. The van der Waals surface area contributed by atoms with Crippen LogP contribution in [0.2, 0.25) is 0 Å². The molecule has 1 N–H and O–H groups in total. The third-order valence-electron chi connectivity index (χ3n) is 4.61. The van der Waals surface area contributed by atoms with Crippen molar-refractivity contribution >= 4 is 11.6 Å². The third-order valence-corrected chi connectivity index (χ3v) is 4.61. The van der Waals surface area contributed by atoms with Crippen LogP contribution in [0.5, 0.6) is 5.75 Å². The molecule has 2 aliphatic heterocycles. The number of ether oxygens (including phenoxy) is 1. The Hall–Kier alpha value is -2.04. The Kier molecular flexibility index (Phi) is 4.05. The van der Waals surface area contributed by atoms with E-state index in [0.717, 1.165) is 30.7 Å². The molecule has 1 spiro atoms. The average molecular weight is 302 g/mol. The van der Waals surface area contributed by atoms with E-state index in [2.05, 4.69) is 12.1 Å². The number of hydrogen-bond acceptors (Lipinski definition) is 4. The lowest BCUT2D eigenvalue weighted by molar-refractivity contribution is -0.130. The molecule has 22 heavy (non-hydrogen) atoms. The predicted molar refractivity (Wildman–Crippen MR) is 83.5 cm³/mol. The van der Waals surface area contributed by atoms with E-state index < -0.39 is 5.60 Å². The second kappa shape index (κ2) is 5.99. The number of para-hydroxylation sites is 1. The van der Waals surface area contributed by atoms with Gasteiger partial charge in [0.05, 0.1) is 5.71 Å². The van der Waals surface area contributed by atoms with Crippen LogP contribution in [0.15, 0.2) is 29.4 Å². The van der Waals surface area contributed by atoms with Crippen LogP contribution < -0.4 is 4.74 Å². The first-order chi connectivity index (χ1) is 10.7. The van der Waals surface area contributed by atoms with Crippen molar-refractivity contribution in [2.24, 2.45) is 5.16 Å². The van der Waals surface area contributed by atoms with Gasteiger partial charge in [0.2, 0.25) is 5.91 Å². The van der Waals surface area contributed by atoms with E-state index in [1.165, 1.54) is 0 Å². The predicted octanol–water partition coefficient (Wildman–Crippen LogP) is 2.81. The summed E-state index contributed by atoms with van der Waals surface area (Å²) < 4.78 is 6.28. The smallest absolute Gasteiger partial charge is 0.222 e. The molecule has 118 valence electrons. The van der Waals surface area contributed by atoms with Gasteiger partial charge in [0, 0.05) is 37.9 Å². The first-order valence-corrected chi connectivity index (χ1v) is 7.94. The normalized spacial score (nSPS) is 26.7. The topological polar surface area (TPSA) is 62.1 Å². The summed E-state index contributed by atoms with van der Waals surface area (Å²) in [6, 6.07) is 7.63. The molecule has 1 saturated heterocycles. The van der Waals surface area contributed by atoms with Crippen LogP contribution in [0, 0.1) is 0 Å². The summed E-state index contributed by atoms with van der Waals surface area (Å²) in [5.41, 5.74) is 1.06. The summed E-state index contributed by atoms with van der Waals surface area (Å²) in [6.07, 6.45) is 3.44. The fraction of sp³-hybridized carbons (Fsp3) is 0.529. The van der Waals surface area contributed by atoms with Gasteiger partial charge in [0.15, 0.2) is 0 Å². The van der Waals surface area contributed by atoms with Crippen LogP contribution in [0.25, 0.3) is 0 Å². The van der Waals surface area contributed by atoms with E-state index in [0.29, 0.717) is 31.5 Å². The zero-order valence-electron chi connectivity index (χ0n) is 12.9. The number of amides is 1. The SMILES string of the molecule is CCCN1CC[C@@]2(CCC1=O)C/C(=N/O)c1ccccc1O2. The molecule has 0 radical (unpaired) electrons. The molecule has 0 aliphatic carbocycles. The van der Waals surface area contributed by atoms with Crippen molar-refractivity contribution in [2.75, 3.05) is 13.1 Å². The number of nitrogens with zero attached hydrogens (tertiary/aromatic N) is 2. The standard InChI is InChI=1S/C17H22N2O3/c1-2-10-19-11-9-17(8-7-16(19)20)12-14(18-21)13-5-3-4-6-15(13)22-17/h3-6,21H,2,7-12H2,1H3/b18-14-/t17-/m0/s1. The Morgan fingerprint density at radius 2 is 2.18 bits per heavy atom. The van der Waals surface area contributed by atoms with Gasteiger partial charge >= 0.3 is 0 Å². The Morgan fingerprint density at radius 3 is 2.95 bits per heavy atom. The van der Waals surface area contributed by atoms with Gasteiger partial charge in [-0.25, -0.2) is 0 Å². The van der Waals surface area contributed by atoms with E-state index in [4.69, 9.17) is 4.74 Å². The lowest BCUT2D eigenvalue weighted by atomic mass is 9.84. The molecule has 0 unspecified atom stereocenters. The van der Waals surface area contributed by atoms with Gasteiger partial charge in [-0.05, 0) is 25.0 Å². The molecule has 5 nitrogen and oxygen atoms in total. The van der Waals surface area contributed by atoms with Crippen molar-refractivity contribution in [2.45, 2.75) is 44.6 Å². The number of carbonyl (C=O) groups is 1. The van der Waals surface area contributed by atoms with Gasteiger partial charge in [-0.3, -0.25) is 4.79 Å². The van der Waals surface area contributed by atoms with Gasteiger partial charge in [-0.15, -0.1) is 0 Å². The van der Waals surface area contributed by atoms with Crippen LogP contribution in [0.4, 0.5) is 0 Å². The van der Waals surface area contributed by atoms with Crippen molar-refractivity contribution in [3.8, 4) is 5.75 Å². The lowest BCUT2D eigenvalue weighted by Gasteiger charge is -2.38. The highest BCUT2D eigenvalue weighted by Gasteiger charge is 2.42. The molecule has 3 rings (SSSR count). The Balaban J connectivity index is 1.87. The summed E-state index contributed by atoms with van der Waals surface area (Å²) in [6.45, 7) is 3.58. The number of oxime groups is 1. The van der Waals surface area contributed by atoms with Crippen molar-refractivity contribution in [1.82, 2.24) is 4.90 Å². The molecule has 0 saturated carbocycles. The highest BCUT2D eigenvalue weighted by Crippen LogP contribution is 2.39. The largest absolute Gasteiger partial charge is 0.486 e. The van der Waals surface area contributed by atoms with Crippen molar-refractivity contribution in [3.05, 3.63) is 29.8 Å². The molecule has 0 aromatic heterocycles. The molecule has 1 fully saturated rings. The molecular formula is C17H22N2O3. The first kappa shape index (κ1) is 14.9. The maximum absolute atomic E-state index is 12.2. The van der Waals surface area contributed by atoms with Crippen LogP contribution in [0.3, 0.4) is 0 Å². The lowest BCUT2D eigenvalue weighted by Crippen LogP contribution is -2.43. The second-order valence-corrected chi connectivity index (χ2v) is 6.14. The van der Waals surface area contributed by atoms with Gasteiger partial charge < -0.3 is 14.8 Å². The van der Waals surface area contributed by atoms with Crippen molar-refractivity contribution < 1.29 is 14.7 Å². The Morgan fingerprint density at radius 1 is 1.36 bits per heavy atom. The molecule has 1 atom stereocenters. The van der Waals surface area contributed by atoms with Gasteiger partial charge in [-0.1, -0.05) is 24.2 Å². The molecule has 1 amide bonds. The molecule has 1 aromatic rings. The third kappa shape index (κ3) is 2.67. The summed E-state index contributed by atoms with van der Waals surface area (Å²) in [4.78, 5) is 14.1. The average Bonchev–Trinajstić information content (AvgIpc) is 2.69. The minimum absolute atomic E-state index is 0.198. The van der Waals surface area contributed by atoms with E-state index in [9.17, 15) is 10.0 Å². The van der Waals surface area contributed by atoms with Crippen LogP contribution >= 0.6 is 0 Å². The minimum Gasteiger partial charge on any atom is -0.486 e. The Labute approximate surface area is 130 Å². The first-order valence-electron chi connectivity index (χ1n) is 7.94. The fourth-order valence-corrected chi connectivity index (χ4v) is 3.42. The van der Waals surface area contributed by atoms with E-state index in [-0.39, 0.29) is 5.91 Å². The van der Waals surface area contributed by atoms with Crippen LogP contribution in [-0.2, 0) is 4.79 Å². The van der Waals surface area contributed by atoms with Gasteiger partial charge in [0.25, 0.3) is 0 Å². The maximum atomic E-state index is 12.2. The molecule has 5 heteroatoms.